The third-order valence-corrected chi connectivity index (χ3v) is 2.60. The summed E-state index contributed by atoms with van der Waals surface area (Å²) in [6.07, 6.45) is 1.50. The van der Waals surface area contributed by atoms with Crippen molar-refractivity contribution >= 4 is 17.2 Å². The molecule has 4 nitrogen and oxygen atoms in total. The average molecular weight is 242 g/mol. The van der Waals surface area contributed by atoms with Crippen LogP contribution in [0.1, 0.15) is 5.56 Å². The summed E-state index contributed by atoms with van der Waals surface area (Å²) in [6, 6.07) is 9.61. The van der Waals surface area contributed by atoms with Crippen LogP contribution in [0.25, 0.3) is 0 Å². The molecule has 1 heterocycles. The first-order valence-corrected chi connectivity index (χ1v) is 5.27. The highest BCUT2D eigenvalue weighted by Gasteiger charge is 2.12. The van der Waals surface area contributed by atoms with Gasteiger partial charge in [0, 0.05) is 18.9 Å². The minimum atomic E-state index is -0.339. The number of nitriles is 1. The molecule has 0 spiro atoms. The van der Waals surface area contributed by atoms with Crippen molar-refractivity contribution in [1.29, 1.82) is 5.26 Å². The van der Waals surface area contributed by atoms with Crippen LogP contribution in [0.4, 0.5) is 21.6 Å². The molecular weight excluding hydrogens is 231 g/mol. The summed E-state index contributed by atoms with van der Waals surface area (Å²) in [5, 5.41) is 8.90. The van der Waals surface area contributed by atoms with E-state index in [0.717, 1.165) is 0 Å². The summed E-state index contributed by atoms with van der Waals surface area (Å²) >= 11 is 0. The number of nitrogens with zero attached hydrogens (tertiary/aromatic N) is 3. The fraction of sp³-hybridized carbons (Fsp3) is 0.0769. The second-order valence-corrected chi connectivity index (χ2v) is 3.75. The van der Waals surface area contributed by atoms with Gasteiger partial charge in [0.25, 0.3) is 0 Å². The second kappa shape index (κ2) is 4.72. The molecule has 18 heavy (non-hydrogen) atoms. The molecule has 2 rings (SSSR count). The number of nitrogens with two attached hydrogens (primary N) is 1. The number of aromatic nitrogens is 1. The molecule has 0 atom stereocenters. The molecule has 0 aliphatic carbocycles. The Labute approximate surface area is 104 Å². The fourth-order valence-corrected chi connectivity index (χ4v) is 1.63. The van der Waals surface area contributed by atoms with Crippen molar-refractivity contribution in [3.8, 4) is 6.07 Å². The second-order valence-electron chi connectivity index (χ2n) is 3.75. The molecule has 2 aromatic rings. The highest BCUT2D eigenvalue weighted by atomic mass is 19.1. The Hall–Kier alpha value is -2.61. The lowest BCUT2D eigenvalue weighted by Crippen LogP contribution is -2.14. The quantitative estimate of drug-likeness (QED) is 0.878. The molecule has 0 amide bonds. The maximum absolute atomic E-state index is 13.2. The first-order chi connectivity index (χ1) is 8.63. The predicted octanol–water partition coefficient (Wildman–Crippen LogP) is 2.44. The lowest BCUT2D eigenvalue weighted by atomic mass is 10.2. The number of anilines is 3. The maximum atomic E-state index is 13.2. The summed E-state index contributed by atoms with van der Waals surface area (Å²) in [5.41, 5.74) is 7.10. The van der Waals surface area contributed by atoms with Gasteiger partial charge >= 0.3 is 0 Å². The summed E-state index contributed by atoms with van der Waals surface area (Å²) in [6.45, 7) is 0. The number of nitrogen functional groups attached to an aromatic ring is 1. The van der Waals surface area contributed by atoms with Gasteiger partial charge in [0.05, 0.1) is 11.3 Å². The van der Waals surface area contributed by atoms with E-state index in [0.29, 0.717) is 17.1 Å². The van der Waals surface area contributed by atoms with Crippen LogP contribution in [0.3, 0.4) is 0 Å². The van der Waals surface area contributed by atoms with E-state index < -0.39 is 0 Å². The predicted molar refractivity (Wildman–Crippen MR) is 67.8 cm³/mol. The SMILES string of the molecule is CN(c1cccc(F)c1)c1nccc(C#N)c1N. The fourth-order valence-electron chi connectivity index (χ4n) is 1.63. The smallest absolute Gasteiger partial charge is 0.157 e. The zero-order chi connectivity index (χ0) is 13.1. The molecule has 1 aromatic heterocycles. The zero-order valence-electron chi connectivity index (χ0n) is 9.76. The van der Waals surface area contributed by atoms with E-state index in [1.165, 1.54) is 24.4 Å². The average Bonchev–Trinajstić information content (AvgIpc) is 2.38. The van der Waals surface area contributed by atoms with Crippen molar-refractivity contribution in [3.05, 3.63) is 47.9 Å². The number of rotatable bonds is 2. The molecule has 0 saturated heterocycles. The lowest BCUT2D eigenvalue weighted by Gasteiger charge is -2.20. The van der Waals surface area contributed by atoms with Crippen molar-refractivity contribution in [3.63, 3.8) is 0 Å². The molecule has 0 fully saturated rings. The van der Waals surface area contributed by atoms with Crippen LogP contribution in [-0.4, -0.2) is 12.0 Å². The number of hydrogen-bond donors (Lipinski definition) is 1. The molecule has 5 heteroatoms. The Morgan fingerprint density at radius 1 is 1.39 bits per heavy atom. The molecule has 0 bridgehead atoms. The minimum absolute atomic E-state index is 0.284. The van der Waals surface area contributed by atoms with Gasteiger partial charge in [-0.2, -0.15) is 5.26 Å². The normalized spacial score (nSPS) is 9.83. The standard InChI is InChI=1S/C13H11FN4/c1-18(11-4-2-3-10(14)7-11)13-12(16)9(8-15)5-6-17-13/h2-7H,16H2,1H3. The molecule has 0 radical (unpaired) electrons. The van der Waals surface area contributed by atoms with E-state index in [4.69, 9.17) is 11.0 Å². The molecule has 0 saturated carbocycles. The van der Waals surface area contributed by atoms with E-state index in [2.05, 4.69) is 4.98 Å². The van der Waals surface area contributed by atoms with Gasteiger partial charge in [-0.3, -0.25) is 0 Å². The largest absolute Gasteiger partial charge is 0.395 e. The topological polar surface area (TPSA) is 65.9 Å². The van der Waals surface area contributed by atoms with Crippen LogP contribution < -0.4 is 10.6 Å². The molecule has 90 valence electrons. The van der Waals surface area contributed by atoms with E-state index >= 15 is 0 Å². The molecule has 0 aliphatic heterocycles. The highest BCUT2D eigenvalue weighted by Crippen LogP contribution is 2.28. The molecule has 0 unspecified atom stereocenters. The van der Waals surface area contributed by atoms with E-state index in [9.17, 15) is 4.39 Å². The Balaban J connectivity index is 2.47. The first-order valence-electron chi connectivity index (χ1n) is 5.27. The summed E-state index contributed by atoms with van der Waals surface area (Å²) in [4.78, 5) is 5.76. The summed E-state index contributed by atoms with van der Waals surface area (Å²) in [5.74, 6) is 0.0917. The lowest BCUT2D eigenvalue weighted by molar-refractivity contribution is 0.628. The third kappa shape index (κ3) is 2.09. The van der Waals surface area contributed by atoms with Crippen molar-refractivity contribution < 1.29 is 4.39 Å². The third-order valence-electron chi connectivity index (χ3n) is 2.60. The van der Waals surface area contributed by atoms with Gasteiger partial charge in [0.1, 0.15) is 11.9 Å². The van der Waals surface area contributed by atoms with Gasteiger partial charge < -0.3 is 10.6 Å². The minimum Gasteiger partial charge on any atom is -0.395 e. The Kier molecular flexibility index (Phi) is 3.11. The number of pyridine rings is 1. The van der Waals surface area contributed by atoms with Gasteiger partial charge in [-0.05, 0) is 24.3 Å². The highest BCUT2D eigenvalue weighted by molar-refractivity contribution is 5.75. The number of halogens is 1. The maximum Gasteiger partial charge on any atom is 0.157 e. The molecule has 0 aliphatic rings. The van der Waals surface area contributed by atoms with Crippen LogP contribution in [0, 0.1) is 17.1 Å². The van der Waals surface area contributed by atoms with Crippen LogP contribution in [0.5, 0.6) is 0 Å². The van der Waals surface area contributed by atoms with E-state index in [1.54, 1.807) is 24.1 Å². The van der Waals surface area contributed by atoms with E-state index in [-0.39, 0.29) is 11.5 Å². The summed E-state index contributed by atoms with van der Waals surface area (Å²) < 4.78 is 13.2. The molecular formula is C13H11FN4. The van der Waals surface area contributed by atoms with Crippen LogP contribution >= 0.6 is 0 Å². The van der Waals surface area contributed by atoms with Crippen molar-refractivity contribution in [2.24, 2.45) is 0 Å². The van der Waals surface area contributed by atoms with Gasteiger partial charge in [-0.15, -0.1) is 0 Å². The van der Waals surface area contributed by atoms with Gasteiger partial charge in [0.2, 0.25) is 0 Å². The van der Waals surface area contributed by atoms with Crippen molar-refractivity contribution in [2.45, 2.75) is 0 Å². The Bertz CT molecular complexity index is 619. The van der Waals surface area contributed by atoms with Gasteiger partial charge in [0.15, 0.2) is 5.82 Å². The van der Waals surface area contributed by atoms with E-state index in [1.807, 2.05) is 6.07 Å². The van der Waals surface area contributed by atoms with Gasteiger partial charge in [-0.1, -0.05) is 6.07 Å². The van der Waals surface area contributed by atoms with Crippen LogP contribution in [0.2, 0.25) is 0 Å². The molecule has 1 aromatic carbocycles. The van der Waals surface area contributed by atoms with Crippen LogP contribution in [-0.2, 0) is 0 Å². The van der Waals surface area contributed by atoms with Crippen molar-refractivity contribution in [2.75, 3.05) is 17.7 Å². The van der Waals surface area contributed by atoms with Crippen molar-refractivity contribution in [1.82, 2.24) is 4.98 Å². The number of hydrogen-bond acceptors (Lipinski definition) is 4. The monoisotopic (exact) mass is 242 g/mol. The zero-order valence-corrected chi connectivity index (χ0v) is 9.76. The van der Waals surface area contributed by atoms with Crippen LogP contribution in [0.15, 0.2) is 36.5 Å². The van der Waals surface area contributed by atoms with Gasteiger partial charge in [-0.25, -0.2) is 9.37 Å². The summed E-state index contributed by atoms with van der Waals surface area (Å²) in [7, 11) is 1.72. The Morgan fingerprint density at radius 3 is 2.83 bits per heavy atom. The number of benzene rings is 1. The Morgan fingerprint density at radius 2 is 2.17 bits per heavy atom. The molecule has 2 N–H and O–H groups in total. The first kappa shape index (κ1) is 11.9.